The Morgan fingerprint density at radius 2 is 0.792 bits per heavy atom. The lowest BCUT2D eigenvalue weighted by atomic mass is 9.84. The highest BCUT2D eigenvalue weighted by Gasteiger charge is 2.21. The molecule has 7 aromatic rings. The van der Waals surface area contributed by atoms with E-state index in [-0.39, 0.29) is 0 Å². The number of anilines is 2. The minimum atomic E-state index is 1.14. The molecule has 9 rings (SSSR count). The molecule has 2 heterocycles. The molecule has 0 aromatic heterocycles. The van der Waals surface area contributed by atoms with Crippen molar-refractivity contribution in [1.29, 1.82) is 0 Å². The summed E-state index contributed by atoms with van der Waals surface area (Å²) in [5, 5.41) is 7.91. The van der Waals surface area contributed by atoms with E-state index in [4.69, 9.17) is 0 Å². The van der Waals surface area contributed by atoms with Gasteiger partial charge in [0.05, 0.1) is 0 Å². The second-order valence-electron chi connectivity index (χ2n) is 13.8. The van der Waals surface area contributed by atoms with Crippen molar-refractivity contribution in [3.8, 4) is 33.4 Å². The van der Waals surface area contributed by atoms with E-state index in [2.05, 4.69) is 143 Å². The van der Waals surface area contributed by atoms with Crippen LogP contribution in [0.15, 0.2) is 133 Å². The second-order valence-corrected chi connectivity index (χ2v) is 13.8. The molecule has 2 aliphatic heterocycles. The Morgan fingerprint density at radius 3 is 1.40 bits per heavy atom. The average Bonchev–Trinajstić information content (AvgIpc) is 3.17. The zero-order chi connectivity index (χ0) is 31.9. The molecule has 48 heavy (non-hydrogen) atoms. The van der Waals surface area contributed by atoms with Gasteiger partial charge in [0, 0.05) is 37.6 Å². The van der Waals surface area contributed by atoms with Gasteiger partial charge in [-0.05, 0) is 135 Å². The zero-order valence-electron chi connectivity index (χ0n) is 27.7. The first-order valence-electron chi connectivity index (χ1n) is 18.0. The third kappa shape index (κ3) is 5.30. The Kier molecular flexibility index (Phi) is 7.58. The van der Waals surface area contributed by atoms with Gasteiger partial charge in [-0.15, -0.1) is 0 Å². The molecule has 2 saturated heterocycles. The van der Waals surface area contributed by atoms with Crippen molar-refractivity contribution in [1.82, 2.24) is 0 Å². The Balaban J connectivity index is 1.33. The van der Waals surface area contributed by atoms with E-state index in [9.17, 15) is 0 Å². The first kappa shape index (κ1) is 29.1. The topological polar surface area (TPSA) is 6.48 Å². The molecule has 0 bridgehead atoms. The molecule has 0 amide bonds. The second kappa shape index (κ2) is 12.5. The molecular weight excluding hydrogens is 581 g/mol. The van der Waals surface area contributed by atoms with Crippen LogP contribution in [-0.2, 0) is 0 Å². The van der Waals surface area contributed by atoms with Crippen molar-refractivity contribution < 1.29 is 0 Å². The quantitative estimate of drug-likeness (QED) is 0.176. The molecule has 0 radical (unpaired) electrons. The van der Waals surface area contributed by atoms with Gasteiger partial charge in [-0.1, -0.05) is 103 Å². The Labute approximate surface area is 284 Å². The van der Waals surface area contributed by atoms with Gasteiger partial charge in [0.25, 0.3) is 0 Å². The smallest absolute Gasteiger partial charge is 0.0372 e. The number of piperidine rings is 2. The summed E-state index contributed by atoms with van der Waals surface area (Å²) >= 11 is 0. The van der Waals surface area contributed by atoms with Crippen LogP contribution in [0.4, 0.5) is 11.4 Å². The van der Waals surface area contributed by atoms with Gasteiger partial charge in [0.1, 0.15) is 0 Å². The molecule has 0 aliphatic carbocycles. The van der Waals surface area contributed by atoms with E-state index in [1.54, 1.807) is 0 Å². The number of benzene rings is 7. The largest absolute Gasteiger partial charge is 0.372 e. The molecule has 0 unspecified atom stereocenters. The van der Waals surface area contributed by atoms with E-state index in [1.807, 2.05) is 0 Å². The van der Waals surface area contributed by atoms with E-state index < -0.39 is 0 Å². The van der Waals surface area contributed by atoms with E-state index >= 15 is 0 Å². The summed E-state index contributed by atoms with van der Waals surface area (Å²) in [5.41, 5.74) is 10.4. The van der Waals surface area contributed by atoms with Crippen molar-refractivity contribution in [3.63, 3.8) is 0 Å². The number of rotatable bonds is 5. The van der Waals surface area contributed by atoms with Crippen LogP contribution in [0.3, 0.4) is 0 Å². The monoisotopic (exact) mass is 622 g/mol. The fourth-order valence-corrected chi connectivity index (χ4v) is 8.33. The number of hydrogen-bond donors (Lipinski definition) is 0. The normalized spacial score (nSPS) is 15.4. The molecule has 0 saturated carbocycles. The third-order valence-electron chi connectivity index (χ3n) is 10.8. The minimum absolute atomic E-state index is 1.14. The van der Waals surface area contributed by atoms with Gasteiger partial charge in [0.15, 0.2) is 0 Å². The summed E-state index contributed by atoms with van der Waals surface area (Å²) < 4.78 is 0. The lowest BCUT2D eigenvalue weighted by Gasteiger charge is -2.30. The van der Waals surface area contributed by atoms with Crippen molar-refractivity contribution in [3.05, 3.63) is 133 Å². The minimum Gasteiger partial charge on any atom is -0.372 e. The van der Waals surface area contributed by atoms with Crippen LogP contribution < -0.4 is 9.80 Å². The molecule has 7 aromatic carbocycles. The van der Waals surface area contributed by atoms with Gasteiger partial charge >= 0.3 is 0 Å². The summed E-state index contributed by atoms with van der Waals surface area (Å²) in [6, 6.07) is 50.5. The number of nitrogens with zero attached hydrogens (tertiary/aromatic N) is 2. The Hall–Kier alpha value is -5.08. The van der Waals surface area contributed by atoms with Crippen LogP contribution >= 0.6 is 0 Å². The molecule has 236 valence electrons. The molecule has 0 spiro atoms. The van der Waals surface area contributed by atoms with Crippen molar-refractivity contribution in [2.75, 3.05) is 36.0 Å². The highest BCUT2D eigenvalue weighted by atomic mass is 15.1. The van der Waals surface area contributed by atoms with Crippen LogP contribution in [0.5, 0.6) is 0 Å². The molecule has 2 heteroatoms. The maximum atomic E-state index is 2.60. The van der Waals surface area contributed by atoms with Crippen LogP contribution in [-0.4, -0.2) is 26.2 Å². The zero-order valence-corrected chi connectivity index (χ0v) is 27.7. The Bertz CT molecular complexity index is 2240. The molecule has 2 aliphatic rings. The van der Waals surface area contributed by atoms with Crippen molar-refractivity contribution >= 4 is 43.7 Å². The summed E-state index contributed by atoms with van der Waals surface area (Å²) in [5.74, 6) is 0. The average molecular weight is 623 g/mol. The lowest BCUT2D eigenvalue weighted by Crippen LogP contribution is -2.29. The maximum absolute atomic E-state index is 2.60. The van der Waals surface area contributed by atoms with Gasteiger partial charge in [-0.25, -0.2) is 0 Å². The highest BCUT2D eigenvalue weighted by Crippen LogP contribution is 2.46. The molecule has 2 nitrogen and oxygen atoms in total. The molecular formula is C46H42N2. The van der Waals surface area contributed by atoms with Gasteiger partial charge in [-0.2, -0.15) is 0 Å². The standard InChI is InChI=1S/C46H42N2/c1-4-12-33(13-5-1)35-16-19-36(20-17-35)45-41-24-22-40(48-28-10-3-11-29-48)32-44(41)46(38-21-18-34-14-6-7-15-37(34)30-38)42-25-23-39(31-43(42)45)47-26-8-2-9-27-47/h1,4-7,12-25,30-32H,2-3,8-11,26-29H2. The summed E-state index contributed by atoms with van der Waals surface area (Å²) in [7, 11) is 0. The van der Waals surface area contributed by atoms with Crippen molar-refractivity contribution in [2.45, 2.75) is 38.5 Å². The van der Waals surface area contributed by atoms with Gasteiger partial charge in [-0.3, -0.25) is 0 Å². The lowest BCUT2D eigenvalue weighted by molar-refractivity contribution is 0.578. The van der Waals surface area contributed by atoms with Crippen LogP contribution in [0.25, 0.3) is 65.7 Å². The van der Waals surface area contributed by atoms with E-state index in [0.717, 1.165) is 26.2 Å². The maximum Gasteiger partial charge on any atom is 0.0372 e. The summed E-state index contributed by atoms with van der Waals surface area (Å²) in [6.07, 6.45) is 7.74. The van der Waals surface area contributed by atoms with Gasteiger partial charge in [0.2, 0.25) is 0 Å². The summed E-state index contributed by atoms with van der Waals surface area (Å²) in [6.45, 7) is 4.54. The number of fused-ring (bicyclic) bond motifs is 3. The first-order chi connectivity index (χ1) is 23.8. The molecule has 0 atom stereocenters. The fourth-order valence-electron chi connectivity index (χ4n) is 8.33. The van der Waals surface area contributed by atoms with E-state index in [1.165, 1.54) is 116 Å². The highest BCUT2D eigenvalue weighted by molar-refractivity contribution is 6.22. The predicted octanol–water partition coefficient (Wildman–Crippen LogP) is 12.1. The Morgan fingerprint density at radius 1 is 0.312 bits per heavy atom. The predicted molar refractivity (Wildman–Crippen MR) is 207 cm³/mol. The molecule has 2 fully saturated rings. The van der Waals surface area contributed by atoms with Crippen LogP contribution in [0.1, 0.15) is 38.5 Å². The summed E-state index contributed by atoms with van der Waals surface area (Å²) in [4.78, 5) is 5.20. The number of hydrogen-bond acceptors (Lipinski definition) is 2. The van der Waals surface area contributed by atoms with Crippen molar-refractivity contribution in [2.24, 2.45) is 0 Å². The van der Waals surface area contributed by atoms with E-state index in [0.29, 0.717) is 0 Å². The van der Waals surface area contributed by atoms with Gasteiger partial charge < -0.3 is 9.80 Å². The third-order valence-corrected chi connectivity index (χ3v) is 10.8. The SMILES string of the molecule is c1ccc(-c2ccc(-c3c4ccc(N5CCCCC5)cc4c(-c4ccc5ccccc5c4)c4ccc(N5CCCCC5)cc34)cc2)cc1. The first-order valence-corrected chi connectivity index (χ1v) is 18.0. The fraction of sp³-hybridized carbons (Fsp3) is 0.217. The van der Waals surface area contributed by atoms with Crippen LogP contribution in [0, 0.1) is 0 Å². The molecule has 0 N–H and O–H groups in total. The van der Waals surface area contributed by atoms with Crippen LogP contribution in [0.2, 0.25) is 0 Å².